The van der Waals surface area contributed by atoms with Gasteiger partial charge in [0.25, 0.3) is 0 Å². The number of aryl methyl sites for hydroxylation is 1. The van der Waals surface area contributed by atoms with Crippen LogP contribution in [0.2, 0.25) is 0 Å². The van der Waals surface area contributed by atoms with Crippen molar-refractivity contribution in [2.75, 3.05) is 14.2 Å². The second-order valence-electron chi connectivity index (χ2n) is 2.81. The predicted molar refractivity (Wildman–Crippen MR) is 51.6 cm³/mol. The summed E-state index contributed by atoms with van der Waals surface area (Å²) in [6.07, 6.45) is 0. The Kier molecular flexibility index (Phi) is 3.24. The van der Waals surface area contributed by atoms with Crippen LogP contribution in [0.4, 0.5) is 0 Å². The monoisotopic (exact) mass is 206 g/mol. The van der Waals surface area contributed by atoms with Crippen LogP contribution >= 0.6 is 0 Å². The van der Waals surface area contributed by atoms with E-state index in [4.69, 9.17) is 10.00 Å². The molecule has 1 aromatic heterocycles. The molecule has 0 unspecified atom stereocenters. The Morgan fingerprint density at radius 1 is 1.53 bits per heavy atom. The summed E-state index contributed by atoms with van der Waals surface area (Å²) in [6, 6.07) is 3.50. The normalized spacial score (nSPS) is 9.20. The van der Waals surface area contributed by atoms with Gasteiger partial charge >= 0.3 is 5.97 Å². The molecule has 0 amide bonds. The van der Waals surface area contributed by atoms with Gasteiger partial charge in [-0.2, -0.15) is 5.26 Å². The number of rotatable bonds is 2. The Morgan fingerprint density at radius 2 is 2.20 bits per heavy atom. The van der Waals surface area contributed by atoms with E-state index in [-0.39, 0.29) is 17.1 Å². The zero-order chi connectivity index (χ0) is 11.4. The molecule has 0 saturated carbocycles. The molecule has 0 radical (unpaired) electrons. The maximum atomic E-state index is 11.3. The van der Waals surface area contributed by atoms with E-state index in [0.717, 1.165) is 0 Å². The van der Waals surface area contributed by atoms with Crippen molar-refractivity contribution in [1.82, 2.24) is 4.98 Å². The first-order valence-electron chi connectivity index (χ1n) is 4.18. The van der Waals surface area contributed by atoms with Crippen LogP contribution in [0, 0.1) is 18.3 Å². The molecule has 0 aliphatic heterocycles. The zero-order valence-electron chi connectivity index (χ0n) is 8.70. The maximum Gasteiger partial charge on any atom is 0.358 e. The average molecular weight is 206 g/mol. The number of aromatic nitrogens is 1. The number of nitrogens with zero attached hydrogens (tertiary/aromatic N) is 2. The molecule has 1 heterocycles. The lowest BCUT2D eigenvalue weighted by Gasteiger charge is -2.06. The summed E-state index contributed by atoms with van der Waals surface area (Å²) in [6.45, 7) is 1.70. The van der Waals surface area contributed by atoms with Gasteiger partial charge in [0.2, 0.25) is 5.88 Å². The van der Waals surface area contributed by atoms with E-state index in [1.807, 2.05) is 6.07 Å². The highest BCUT2D eigenvalue weighted by Crippen LogP contribution is 2.18. The van der Waals surface area contributed by atoms with Gasteiger partial charge in [0.05, 0.1) is 19.8 Å². The summed E-state index contributed by atoms with van der Waals surface area (Å²) in [4.78, 5) is 15.2. The van der Waals surface area contributed by atoms with E-state index in [1.54, 1.807) is 13.0 Å². The van der Waals surface area contributed by atoms with Crippen molar-refractivity contribution in [1.29, 1.82) is 5.26 Å². The van der Waals surface area contributed by atoms with Gasteiger partial charge in [0, 0.05) is 6.07 Å². The number of hydrogen-bond acceptors (Lipinski definition) is 5. The molecular formula is C10H10N2O3. The Balaban J connectivity index is 3.40. The molecule has 78 valence electrons. The highest BCUT2D eigenvalue weighted by Gasteiger charge is 2.17. The molecule has 0 spiro atoms. The van der Waals surface area contributed by atoms with Crippen molar-refractivity contribution in [3.05, 3.63) is 22.9 Å². The van der Waals surface area contributed by atoms with Crippen molar-refractivity contribution in [2.24, 2.45) is 0 Å². The molecule has 0 saturated heterocycles. The lowest BCUT2D eigenvalue weighted by atomic mass is 10.1. The summed E-state index contributed by atoms with van der Waals surface area (Å²) < 4.78 is 9.43. The van der Waals surface area contributed by atoms with Gasteiger partial charge in [-0.25, -0.2) is 9.78 Å². The molecule has 0 aromatic carbocycles. The van der Waals surface area contributed by atoms with Crippen LogP contribution in [0.25, 0.3) is 0 Å². The Hall–Kier alpha value is -2.09. The van der Waals surface area contributed by atoms with Crippen molar-refractivity contribution in [3.8, 4) is 11.9 Å². The van der Waals surface area contributed by atoms with Gasteiger partial charge in [-0.05, 0) is 12.5 Å². The first kappa shape index (κ1) is 11.0. The molecule has 0 N–H and O–H groups in total. The number of hydrogen-bond donors (Lipinski definition) is 0. The van der Waals surface area contributed by atoms with Crippen molar-refractivity contribution < 1.29 is 14.3 Å². The number of esters is 1. The SMILES string of the molecule is COC(=O)c1nc(OC)cc(C)c1C#N. The maximum absolute atomic E-state index is 11.3. The van der Waals surface area contributed by atoms with Gasteiger partial charge in [0.1, 0.15) is 6.07 Å². The van der Waals surface area contributed by atoms with Crippen LogP contribution < -0.4 is 4.74 Å². The smallest absolute Gasteiger partial charge is 0.358 e. The third-order valence-corrected chi connectivity index (χ3v) is 1.89. The summed E-state index contributed by atoms with van der Waals surface area (Å²) >= 11 is 0. The molecule has 0 atom stereocenters. The fourth-order valence-corrected chi connectivity index (χ4v) is 1.13. The van der Waals surface area contributed by atoms with Gasteiger partial charge in [-0.1, -0.05) is 0 Å². The largest absolute Gasteiger partial charge is 0.481 e. The van der Waals surface area contributed by atoms with E-state index in [9.17, 15) is 4.79 Å². The molecular weight excluding hydrogens is 196 g/mol. The molecule has 1 aromatic rings. The summed E-state index contributed by atoms with van der Waals surface area (Å²) in [7, 11) is 2.68. The van der Waals surface area contributed by atoms with Crippen LogP contribution in [-0.4, -0.2) is 25.2 Å². The van der Waals surface area contributed by atoms with Gasteiger partial charge < -0.3 is 9.47 Å². The van der Waals surface area contributed by atoms with Crippen LogP contribution in [0.3, 0.4) is 0 Å². The number of carbonyl (C=O) groups is 1. The second kappa shape index (κ2) is 4.42. The van der Waals surface area contributed by atoms with Crippen LogP contribution in [0.5, 0.6) is 5.88 Å². The summed E-state index contributed by atoms with van der Waals surface area (Å²) in [5.74, 6) is -0.361. The minimum absolute atomic E-state index is 0.0168. The van der Waals surface area contributed by atoms with E-state index in [1.165, 1.54) is 14.2 Å². The van der Waals surface area contributed by atoms with E-state index in [0.29, 0.717) is 5.56 Å². The summed E-state index contributed by atoms with van der Waals surface area (Å²) in [5, 5.41) is 8.87. The van der Waals surface area contributed by atoms with Crippen LogP contribution in [0.1, 0.15) is 21.6 Å². The minimum Gasteiger partial charge on any atom is -0.481 e. The standard InChI is InChI=1S/C10H10N2O3/c1-6-4-8(14-2)12-9(7(6)5-11)10(13)15-3/h4H,1-3H3. The number of pyridine rings is 1. The van der Waals surface area contributed by atoms with E-state index < -0.39 is 5.97 Å². The molecule has 1 rings (SSSR count). The van der Waals surface area contributed by atoms with Crippen molar-refractivity contribution >= 4 is 5.97 Å². The Bertz CT molecular complexity index is 435. The van der Waals surface area contributed by atoms with E-state index >= 15 is 0 Å². The fraction of sp³-hybridized carbons (Fsp3) is 0.300. The Morgan fingerprint density at radius 3 is 2.67 bits per heavy atom. The number of nitriles is 1. The molecule has 0 aliphatic carbocycles. The number of methoxy groups -OCH3 is 2. The van der Waals surface area contributed by atoms with Gasteiger partial charge in [0.15, 0.2) is 5.69 Å². The molecule has 0 aliphatic rings. The number of ether oxygens (including phenoxy) is 2. The zero-order valence-corrected chi connectivity index (χ0v) is 8.70. The molecule has 0 bridgehead atoms. The summed E-state index contributed by atoms with van der Waals surface area (Å²) in [5.41, 5.74) is 0.823. The highest BCUT2D eigenvalue weighted by atomic mass is 16.5. The van der Waals surface area contributed by atoms with Crippen molar-refractivity contribution in [3.63, 3.8) is 0 Å². The molecule has 5 heteroatoms. The molecule has 5 nitrogen and oxygen atoms in total. The second-order valence-corrected chi connectivity index (χ2v) is 2.81. The van der Waals surface area contributed by atoms with Gasteiger partial charge in [-0.15, -0.1) is 0 Å². The van der Waals surface area contributed by atoms with Crippen molar-refractivity contribution in [2.45, 2.75) is 6.92 Å². The average Bonchev–Trinajstić information content (AvgIpc) is 2.26. The fourth-order valence-electron chi connectivity index (χ4n) is 1.13. The predicted octanol–water partition coefficient (Wildman–Crippen LogP) is 1.06. The van der Waals surface area contributed by atoms with Crippen LogP contribution in [-0.2, 0) is 4.74 Å². The first-order valence-corrected chi connectivity index (χ1v) is 4.18. The topological polar surface area (TPSA) is 72.2 Å². The Labute approximate surface area is 87.3 Å². The third kappa shape index (κ3) is 2.05. The number of carbonyl (C=O) groups excluding carboxylic acids is 1. The van der Waals surface area contributed by atoms with Gasteiger partial charge in [-0.3, -0.25) is 0 Å². The third-order valence-electron chi connectivity index (χ3n) is 1.89. The lowest BCUT2D eigenvalue weighted by Crippen LogP contribution is -2.09. The quantitative estimate of drug-likeness (QED) is 0.676. The highest BCUT2D eigenvalue weighted by molar-refractivity contribution is 5.90. The molecule has 0 fully saturated rings. The minimum atomic E-state index is -0.645. The molecule has 15 heavy (non-hydrogen) atoms. The van der Waals surface area contributed by atoms with E-state index in [2.05, 4.69) is 9.72 Å². The lowest BCUT2D eigenvalue weighted by molar-refractivity contribution is 0.0592. The first-order chi connectivity index (χ1) is 7.13. The van der Waals surface area contributed by atoms with Crippen LogP contribution in [0.15, 0.2) is 6.07 Å².